The van der Waals surface area contributed by atoms with Crippen LogP contribution in [-0.2, 0) is 4.74 Å². The van der Waals surface area contributed by atoms with Crippen LogP contribution in [0.1, 0.15) is 33.2 Å². The second-order valence-electron chi connectivity index (χ2n) is 7.38. The fourth-order valence-corrected chi connectivity index (χ4v) is 3.87. The summed E-state index contributed by atoms with van der Waals surface area (Å²) in [6.07, 6.45) is 0. The van der Waals surface area contributed by atoms with Gasteiger partial charge in [-0.1, -0.05) is 17.7 Å². The van der Waals surface area contributed by atoms with Crippen molar-refractivity contribution in [3.05, 3.63) is 68.2 Å². The van der Waals surface area contributed by atoms with Crippen molar-refractivity contribution in [1.82, 2.24) is 10.2 Å². The van der Waals surface area contributed by atoms with Gasteiger partial charge in [-0.25, -0.2) is 4.79 Å². The van der Waals surface area contributed by atoms with Crippen LogP contribution in [0.4, 0.5) is 11.4 Å². The van der Waals surface area contributed by atoms with Crippen molar-refractivity contribution in [2.45, 2.75) is 13.8 Å². The highest BCUT2D eigenvalue weighted by molar-refractivity contribution is 7.80. The molecule has 3 rings (SSSR count). The number of piperazine rings is 1. The molecule has 0 bridgehead atoms. The third-order valence-corrected chi connectivity index (χ3v) is 6.01. The van der Waals surface area contributed by atoms with Gasteiger partial charge in [-0.05, 0) is 55.9 Å². The van der Waals surface area contributed by atoms with Crippen LogP contribution >= 0.6 is 23.8 Å². The molecule has 11 heteroatoms. The molecule has 33 heavy (non-hydrogen) atoms. The molecule has 1 aliphatic heterocycles. The van der Waals surface area contributed by atoms with E-state index in [0.29, 0.717) is 42.5 Å². The Morgan fingerprint density at radius 2 is 1.82 bits per heavy atom. The molecule has 0 radical (unpaired) electrons. The average Bonchev–Trinajstić information content (AvgIpc) is 2.80. The molecule has 0 saturated carbocycles. The second kappa shape index (κ2) is 10.6. The zero-order valence-electron chi connectivity index (χ0n) is 18.2. The largest absolute Gasteiger partial charge is 0.462 e. The molecule has 1 saturated heterocycles. The van der Waals surface area contributed by atoms with Gasteiger partial charge in [-0.3, -0.25) is 20.2 Å². The van der Waals surface area contributed by atoms with Crippen molar-refractivity contribution in [3.8, 4) is 0 Å². The number of anilines is 1. The lowest BCUT2D eigenvalue weighted by Gasteiger charge is -2.37. The number of hydrogen-bond acceptors (Lipinski definition) is 7. The molecule has 2 aromatic rings. The molecule has 0 unspecified atom stereocenters. The van der Waals surface area contributed by atoms with Gasteiger partial charge in [0.25, 0.3) is 11.6 Å². The van der Waals surface area contributed by atoms with Crippen LogP contribution in [0.15, 0.2) is 36.4 Å². The summed E-state index contributed by atoms with van der Waals surface area (Å²) in [5, 5.41) is 15.1. The number of rotatable bonds is 5. The summed E-state index contributed by atoms with van der Waals surface area (Å²) in [7, 11) is 0. The minimum atomic E-state index is -0.604. The van der Waals surface area contributed by atoms with Crippen LogP contribution in [0, 0.1) is 17.0 Å². The topological polar surface area (TPSA) is 105 Å². The Hall–Kier alpha value is -3.24. The van der Waals surface area contributed by atoms with Crippen molar-refractivity contribution in [1.29, 1.82) is 0 Å². The number of benzene rings is 2. The molecule has 9 nitrogen and oxygen atoms in total. The van der Waals surface area contributed by atoms with Crippen LogP contribution in [-0.4, -0.2) is 59.6 Å². The summed E-state index contributed by atoms with van der Waals surface area (Å²) in [6, 6.07) is 9.34. The van der Waals surface area contributed by atoms with Gasteiger partial charge in [-0.15, -0.1) is 0 Å². The molecule has 1 N–H and O–H groups in total. The molecule has 2 aromatic carbocycles. The van der Waals surface area contributed by atoms with Crippen LogP contribution in [0.25, 0.3) is 0 Å². The van der Waals surface area contributed by atoms with Crippen molar-refractivity contribution >= 4 is 52.2 Å². The molecule has 1 amide bonds. The number of nitrogens with one attached hydrogen (secondary N) is 1. The Bertz CT molecular complexity index is 1100. The van der Waals surface area contributed by atoms with Crippen LogP contribution in [0.5, 0.6) is 0 Å². The minimum Gasteiger partial charge on any atom is -0.462 e. The molecule has 0 spiro atoms. The summed E-state index contributed by atoms with van der Waals surface area (Å²) in [5.41, 5.74) is 1.66. The smallest absolute Gasteiger partial charge is 0.338 e. The average molecular weight is 491 g/mol. The number of ether oxygens (including phenoxy) is 1. The van der Waals surface area contributed by atoms with Gasteiger partial charge in [0.05, 0.1) is 17.1 Å². The van der Waals surface area contributed by atoms with Crippen molar-refractivity contribution < 1.29 is 19.2 Å². The van der Waals surface area contributed by atoms with E-state index in [4.69, 9.17) is 28.6 Å². The van der Waals surface area contributed by atoms with E-state index in [2.05, 4.69) is 5.32 Å². The first-order valence-corrected chi connectivity index (χ1v) is 11.1. The zero-order chi connectivity index (χ0) is 24.1. The normalized spacial score (nSPS) is 13.4. The monoisotopic (exact) mass is 490 g/mol. The number of nitrogens with zero attached hydrogens (tertiary/aromatic N) is 3. The molecule has 1 fully saturated rings. The molecule has 0 aromatic heterocycles. The lowest BCUT2D eigenvalue weighted by atomic mass is 10.1. The number of aryl methyl sites for hydroxylation is 1. The van der Waals surface area contributed by atoms with Crippen molar-refractivity contribution in [3.63, 3.8) is 0 Å². The number of halogens is 1. The van der Waals surface area contributed by atoms with E-state index < -0.39 is 10.9 Å². The van der Waals surface area contributed by atoms with E-state index in [1.807, 2.05) is 16.7 Å². The Morgan fingerprint density at radius 1 is 1.15 bits per heavy atom. The van der Waals surface area contributed by atoms with Crippen LogP contribution in [0.3, 0.4) is 0 Å². The first kappa shape index (κ1) is 24.4. The predicted octanol–water partition coefficient (Wildman–Crippen LogP) is 3.57. The summed E-state index contributed by atoms with van der Waals surface area (Å²) in [5.74, 6) is -0.956. The summed E-state index contributed by atoms with van der Waals surface area (Å²) in [6.45, 7) is 5.53. The fraction of sp³-hybridized carbons (Fsp3) is 0.318. The summed E-state index contributed by atoms with van der Waals surface area (Å²) >= 11 is 11.5. The van der Waals surface area contributed by atoms with Gasteiger partial charge in [-0.2, -0.15) is 0 Å². The van der Waals surface area contributed by atoms with E-state index in [-0.39, 0.29) is 28.9 Å². The lowest BCUT2D eigenvalue weighted by molar-refractivity contribution is -0.384. The van der Waals surface area contributed by atoms with Crippen molar-refractivity contribution in [2.75, 3.05) is 37.7 Å². The van der Waals surface area contributed by atoms with Gasteiger partial charge >= 0.3 is 5.97 Å². The minimum absolute atomic E-state index is 0.131. The van der Waals surface area contributed by atoms with Gasteiger partial charge in [0, 0.05) is 42.8 Å². The maximum atomic E-state index is 12.5. The maximum Gasteiger partial charge on any atom is 0.338 e. The number of carbonyl (C=O) groups is 2. The number of thiocarbonyl (C=S) groups is 1. The van der Waals surface area contributed by atoms with Gasteiger partial charge < -0.3 is 14.5 Å². The van der Waals surface area contributed by atoms with Crippen LogP contribution < -0.4 is 10.2 Å². The van der Waals surface area contributed by atoms with E-state index >= 15 is 0 Å². The molecule has 1 heterocycles. The second-order valence-corrected chi connectivity index (χ2v) is 8.17. The molecule has 0 aliphatic carbocycles. The Balaban J connectivity index is 1.64. The highest BCUT2D eigenvalue weighted by Crippen LogP contribution is 2.30. The standard InChI is InChI=1S/C22H23ClN4O5S/c1-3-32-21(29)16-6-7-18(19(13-16)27(30)31)25-8-10-26(11-9-25)22(33)24-20(28)15-5-4-14(2)17(23)12-15/h4-7,12-13H,3,8-11H2,1-2H3,(H,24,28,33). The third kappa shape index (κ3) is 5.77. The maximum absolute atomic E-state index is 12.5. The number of amides is 1. The van der Waals surface area contributed by atoms with E-state index in [0.717, 1.165) is 5.56 Å². The molecular formula is C22H23ClN4O5S. The lowest BCUT2D eigenvalue weighted by Crippen LogP contribution is -2.52. The van der Waals surface area contributed by atoms with Crippen molar-refractivity contribution in [2.24, 2.45) is 0 Å². The van der Waals surface area contributed by atoms with Gasteiger partial charge in [0.15, 0.2) is 5.11 Å². The Morgan fingerprint density at radius 3 is 2.42 bits per heavy atom. The summed E-state index contributed by atoms with van der Waals surface area (Å²) < 4.78 is 4.93. The highest BCUT2D eigenvalue weighted by Gasteiger charge is 2.26. The van der Waals surface area contributed by atoms with Crippen LogP contribution in [0.2, 0.25) is 5.02 Å². The van der Waals surface area contributed by atoms with E-state index in [1.54, 1.807) is 31.2 Å². The number of nitro groups is 1. The van der Waals surface area contributed by atoms with E-state index in [9.17, 15) is 19.7 Å². The SMILES string of the molecule is CCOC(=O)c1ccc(N2CCN(C(=S)NC(=O)c3ccc(C)c(Cl)c3)CC2)c([N+](=O)[O-])c1. The van der Waals surface area contributed by atoms with Gasteiger partial charge in [0.2, 0.25) is 0 Å². The molecule has 174 valence electrons. The zero-order valence-corrected chi connectivity index (χ0v) is 19.7. The molecular weight excluding hydrogens is 468 g/mol. The number of hydrogen-bond donors (Lipinski definition) is 1. The quantitative estimate of drug-likeness (QED) is 0.293. The third-order valence-electron chi connectivity index (χ3n) is 5.25. The van der Waals surface area contributed by atoms with Gasteiger partial charge in [0.1, 0.15) is 5.69 Å². The predicted molar refractivity (Wildman–Crippen MR) is 129 cm³/mol. The molecule has 0 atom stereocenters. The number of esters is 1. The first-order valence-electron chi connectivity index (χ1n) is 10.3. The fourth-order valence-electron chi connectivity index (χ4n) is 3.41. The van der Waals surface area contributed by atoms with E-state index in [1.165, 1.54) is 12.1 Å². The summed E-state index contributed by atoms with van der Waals surface area (Å²) in [4.78, 5) is 39.2. The number of nitro benzene ring substituents is 1. The highest BCUT2D eigenvalue weighted by atomic mass is 35.5. The Kier molecular flexibility index (Phi) is 7.83. The number of carbonyl (C=O) groups excluding carboxylic acids is 2. The molecule has 1 aliphatic rings. The first-order chi connectivity index (χ1) is 15.7. The Labute approximate surface area is 201 Å².